The number of carbonyl (C=O) groups excluding carboxylic acids is 2. The van der Waals surface area contributed by atoms with Gasteiger partial charge < -0.3 is 14.7 Å². The molecule has 0 aliphatic carbocycles. The van der Waals surface area contributed by atoms with Gasteiger partial charge in [-0.05, 0) is 11.5 Å². The monoisotopic (exact) mass is 558 g/mol. The van der Waals surface area contributed by atoms with Crippen LogP contribution in [0.1, 0.15) is 6.42 Å². The summed E-state index contributed by atoms with van der Waals surface area (Å²) in [4.78, 5) is 39.1. The number of anilines is 2. The highest BCUT2D eigenvalue weighted by Gasteiger charge is 2.46. The lowest BCUT2D eigenvalue weighted by Gasteiger charge is -2.50. The molecular formula is C29H21ClF2N6O2. The van der Waals surface area contributed by atoms with Crippen LogP contribution in [0, 0.1) is 17.1 Å². The molecule has 2 aliphatic heterocycles. The van der Waals surface area contributed by atoms with Crippen LogP contribution in [-0.2, 0) is 9.59 Å². The molecule has 4 aromatic rings. The van der Waals surface area contributed by atoms with Crippen molar-refractivity contribution < 1.29 is 18.4 Å². The number of benzene rings is 2. The highest BCUT2D eigenvalue weighted by molar-refractivity contribution is 6.36. The third-order valence-corrected chi connectivity index (χ3v) is 7.91. The molecule has 0 bridgehead atoms. The van der Waals surface area contributed by atoms with Gasteiger partial charge in [0.05, 0.1) is 42.6 Å². The van der Waals surface area contributed by atoms with E-state index in [1.54, 1.807) is 30.1 Å². The number of nitriles is 1. The van der Waals surface area contributed by atoms with Crippen molar-refractivity contribution in [2.24, 2.45) is 0 Å². The molecule has 0 spiro atoms. The smallest absolute Gasteiger partial charge is 0.282 e. The summed E-state index contributed by atoms with van der Waals surface area (Å²) >= 11 is 6.49. The molecule has 2 atom stereocenters. The second-order valence-corrected chi connectivity index (χ2v) is 10.2. The van der Waals surface area contributed by atoms with E-state index in [0.717, 1.165) is 5.39 Å². The third-order valence-electron chi connectivity index (χ3n) is 7.59. The molecule has 2 aromatic heterocycles. The number of hydrogen-bond donors (Lipinski definition) is 0. The van der Waals surface area contributed by atoms with Gasteiger partial charge in [-0.2, -0.15) is 5.26 Å². The van der Waals surface area contributed by atoms with Gasteiger partial charge in [0.15, 0.2) is 11.6 Å². The standard InChI is InChI=1S/C29H21ClF2N6O2/c1-15(31)28(39)37-14-22-29(40)36(2)21-12-35-26-19(27(21)38(22)13-17(37)9-10-33)11-34-25(24(26)32)18-7-3-5-16-6-4-8-20(30)23(16)18/h3-8,11-12,17,22H,1,9,13-14H2,2H3. The van der Waals surface area contributed by atoms with Crippen molar-refractivity contribution in [3.8, 4) is 17.3 Å². The molecule has 2 amide bonds. The van der Waals surface area contributed by atoms with E-state index in [2.05, 4.69) is 16.5 Å². The van der Waals surface area contributed by atoms with Crippen molar-refractivity contribution in [2.75, 3.05) is 29.9 Å². The Balaban J connectivity index is 1.53. The molecule has 40 heavy (non-hydrogen) atoms. The molecule has 6 rings (SSSR count). The number of aromatic nitrogens is 2. The highest BCUT2D eigenvalue weighted by Crippen LogP contribution is 2.44. The van der Waals surface area contributed by atoms with Gasteiger partial charge in [-0.25, -0.2) is 8.78 Å². The first-order chi connectivity index (χ1) is 19.2. The first-order valence-electron chi connectivity index (χ1n) is 12.4. The maximum atomic E-state index is 16.2. The Morgan fingerprint density at radius 2 is 1.95 bits per heavy atom. The first-order valence-corrected chi connectivity index (χ1v) is 12.8. The number of hydrogen-bond acceptors (Lipinski definition) is 6. The molecular weight excluding hydrogens is 538 g/mol. The molecule has 8 nitrogen and oxygen atoms in total. The molecule has 0 N–H and O–H groups in total. The van der Waals surface area contributed by atoms with Crippen LogP contribution in [0.2, 0.25) is 5.02 Å². The predicted molar refractivity (Wildman–Crippen MR) is 148 cm³/mol. The maximum Gasteiger partial charge on any atom is 0.282 e. The van der Waals surface area contributed by atoms with Crippen LogP contribution in [0.25, 0.3) is 32.9 Å². The summed E-state index contributed by atoms with van der Waals surface area (Å²) in [5, 5.41) is 11.7. The van der Waals surface area contributed by atoms with Crippen LogP contribution < -0.4 is 9.80 Å². The molecule has 2 aliphatic rings. The van der Waals surface area contributed by atoms with E-state index in [-0.39, 0.29) is 36.6 Å². The normalized spacial score (nSPS) is 18.5. The fourth-order valence-corrected chi connectivity index (χ4v) is 5.99. The molecule has 2 unspecified atom stereocenters. The Morgan fingerprint density at radius 3 is 2.67 bits per heavy atom. The topological polar surface area (TPSA) is 93.4 Å². The highest BCUT2D eigenvalue weighted by atomic mass is 35.5. The second-order valence-electron chi connectivity index (χ2n) is 9.76. The number of halogens is 3. The van der Waals surface area contributed by atoms with E-state index in [1.807, 2.05) is 24.3 Å². The van der Waals surface area contributed by atoms with E-state index < -0.39 is 29.6 Å². The number of piperazine rings is 1. The maximum absolute atomic E-state index is 16.2. The fourth-order valence-electron chi connectivity index (χ4n) is 5.70. The van der Waals surface area contributed by atoms with Crippen molar-refractivity contribution in [3.05, 3.63) is 72.0 Å². The number of fused-ring (bicyclic) bond motifs is 6. The Morgan fingerprint density at radius 1 is 1.20 bits per heavy atom. The quantitative estimate of drug-likeness (QED) is 0.329. The predicted octanol–water partition coefficient (Wildman–Crippen LogP) is 5.00. The third kappa shape index (κ3) is 3.77. The Hall–Kier alpha value is -4.62. The summed E-state index contributed by atoms with van der Waals surface area (Å²) in [7, 11) is 1.56. The van der Waals surface area contributed by atoms with Gasteiger partial charge in [0, 0.05) is 41.1 Å². The summed E-state index contributed by atoms with van der Waals surface area (Å²) in [5.41, 5.74) is 1.57. The van der Waals surface area contributed by atoms with Crippen molar-refractivity contribution in [3.63, 3.8) is 0 Å². The first kappa shape index (κ1) is 25.6. The Kier molecular flexibility index (Phi) is 6.11. The Bertz CT molecular complexity index is 1800. The molecule has 4 heterocycles. The molecule has 200 valence electrons. The summed E-state index contributed by atoms with van der Waals surface area (Å²) in [6.07, 6.45) is 2.84. The summed E-state index contributed by atoms with van der Waals surface area (Å²) < 4.78 is 30.1. The van der Waals surface area contributed by atoms with E-state index in [0.29, 0.717) is 32.7 Å². The van der Waals surface area contributed by atoms with Gasteiger partial charge >= 0.3 is 0 Å². The van der Waals surface area contributed by atoms with Crippen molar-refractivity contribution in [1.82, 2.24) is 14.9 Å². The SMILES string of the molecule is C=C(F)C(=O)N1CC2C(=O)N(C)c3cnc4c(F)c(-c5cccc6cccc(Cl)c56)ncc4c3N2CC1CC#N. The largest absolute Gasteiger partial charge is 0.354 e. The second kappa shape index (κ2) is 9.54. The minimum Gasteiger partial charge on any atom is -0.354 e. The van der Waals surface area contributed by atoms with Crippen LogP contribution in [0.3, 0.4) is 0 Å². The van der Waals surface area contributed by atoms with Crippen molar-refractivity contribution in [1.29, 1.82) is 5.26 Å². The summed E-state index contributed by atoms with van der Waals surface area (Å²) in [6.45, 7) is 2.97. The number of amides is 2. The fraction of sp³-hybridized carbons (Fsp3) is 0.207. The molecule has 0 saturated carbocycles. The molecule has 1 fully saturated rings. The zero-order valence-corrected chi connectivity index (χ0v) is 22.0. The zero-order chi connectivity index (χ0) is 28.3. The average molecular weight is 559 g/mol. The van der Waals surface area contributed by atoms with Gasteiger partial charge in [0.1, 0.15) is 17.3 Å². The average Bonchev–Trinajstić information content (AvgIpc) is 2.95. The van der Waals surface area contributed by atoms with Gasteiger partial charge in [0.2, 0.25) is 0 Å². The lowest BCUT2D eigenvalue weighted by atomic mass is 9.96. The van der Waals surface area contributed by atoms with E-state index in [1.165, 1.54) is 22.2 Å². The van der Waals surface area contributed by atoms with E-state index >= 15 is 4.39 Å². The number of rotatable bonds is 3. The number of nitrogens with zero attached hydrogens (tertiary/aromatic N) is 6. The van der Waals surface area contributed by atoms with Gasteiger partial charge in [0.25, 0.3) is 11.8 Å². The van der Waals surface area contributed by atoms with Crippen LogP contribution >= 0.6 is 11.6 Å². The zero-order valence-electron chi connectivity index (χ0n) is 21.2. The van der Waals surface area contributed by atoms with Crippen molar-refractivity contribution in [2.45, 2.75) is 18.5 Å². The van der Waals surface area contributed by atoms with Gasteiger partial charge in [-0.3, -0.25) is 19.6 Å². The number of likely N-dealkylation sites (N-methyl/N-ethyl adjacent to an activating group) is 1. The van der Waals surface area contributed by atoms with Crippen LogP contribution in [-0.4, -0.2) is 58.9 Å². The summed E-state index contributed by atoms with van der Waals surface area (Å²) in [5.74, 6) is -3.14. The van der Waals surface area contributed by atoms with Gasteiger partial charge in [-0.15, -0.1) is 0 Å². The number of carbonyl (C=O) groups is 2. The van der Waals surface area contributed by atoms with Crippen LogP contribution in [0.4, 0.5) is 20.2 Å². The minimum absolute atomic E-state index is 0.0433. The Labute approximate surface area is 232 Å². The number of pyridine rings is 2. The minimum atomic E-state index is -1.17. The van der Waals surface area contributed by atoms with E-state index in [4.69, 9.17) is 11.6 Å². The van der Waals surface area contributed by atoms with Crippen LogP contribution in [0.5, 0.6) is 0 Å². The van der Waals surface area contributed by atoms with Crippen LogP contribution in [0.15, 0.2) is 61.2 Å². The summed E-state index contributed by atoms with van der Waals surface area (Å²) in [6, 6.07) is 11.3. The van der Waals surface area contributed by atoms with Gasteiger partial charge in [-0.1, -0.05) is 48.5 Å². The lowest BCUT2D eigenvalue weighted by Crippen LogP contribution is -2.66. The lowest BCUT2D eigenvalue weighted by molar-refractivity contribution is -0.133. The van der Waals surface area contributed by atoms with E-state index in [9.17, 15) is 19.2 Å². The molecule has 11 heteroatoms. The molecule has 2 aromatic carbocycles. The van der Waals surface area contributed by atoms with Crippen molar-refractivity contribution >= 4 is 56.5 Å². The molecule has 0 radical (unpaired) electrons. The molecule has 1 saturated heterocycles.